The average Bonchev–Trinajstić information content (AvgIpc) is 3.12. The van der Waals surface area contributed by atoms with E-state index in [4.69, 9.17) is 4.74 Å². The zero-order valence-electron chi connectivity index (χ0n) is 15.3. The van der Waals surface area contributed by atoms with E-state index in [1.54, 1.807) is 4.57 Å². The largest absolute Gasteiger partial charge is 0.492 e. The van der Waals surface area contributed by atoms with Gasteiger partial charge in [-0.2, -0.15) is 0 Å². The Hall–Kier alpha value is -3.35. The molecule has 0 atom stereocenters. The highest BCUT2D eigenvalue weighted by Gasteiger charge is 2.15. The smallest absolute Gasteiger partial charge is 0.262 e. The number of para-hydroxylation sites is 3. The van der Waals surface area contributed by atoms with Crippen molar-refractivity contribution in [3.63, 3.8) is 0 Å². The second-order valence-electron chi connectivity index (χ2n) is 6.10. The van der Waals surface area contributed by atoms with Crippen LogP contribution in [0.2, 0.25) is 0 Å². The lowest BCUT2D eigenvalue weighted by Crippen LogP contribution is -2.23. The van der Waals surface area contributed by atoms with Crippen LogP contribution in [-0.2, 0) is 13.1 Å². The Kier molecular flexibility index (Phi) is 4.50. The van der Waals surface area contributed by atoms with E-state index in [0.29, 0.717) is 30.9 Å². The van der Waals surface area contributed by atoms with E-state index in [1.807, 2.05) is 66.8 Å². The standard InChI is InChI=1S/C20H21N5O2/c1-3-24-19(26)14-9-5-7-11-16(14)25-18(22-23-20(24)25)13-21-15-10-6-8-12-17(15)27-4-2/h5-12,21H,3-4,13H2,1-2H3. The van der Waals surface area contributed by atoms with Gasteiger partial charge in [-0.15, -0.1) is 10.2 Å². The summed E-state index contributed by atoms with van der Waals surface area (Å²) in [6.07, 6.45) is 0. The molecule has 7 heteroatoms. The first-order chi connectivity index (χ1) is 13.2. The van der Waals surface area contributed by atoms with Gasteiger partial charge in [-0.1, -0.05) is 24.3 Å². The summed E-state index contributed by atoms with van der Waals surface area (Å²) in [6, 6.07) is 15.3. The number of nitrogens with one attached hydrogen (secondary N) is 1. The van der Waals surface area contributed by atoms with Gasteiger partial charge in [0.05, 0.1) is 29.7 Å². The van der Waals surface area contributed by atoms with Crippen LogP contribution in [0.3, 0.4) is 0 Å². The topological polar surface area (TPSA) is 73.4 Å². The molecule has 0 bridgehead atoms. The van der Waals surface area contributed by atoms with Crippen molar-refractivity contribution < 1.29 is 4.74 Å². The summed E-state index contributed by atoms with van der Waals surface area (Å²) >= 11 is 0. The number of hydrogen-bond donors (Lipinski definition) is 1. The van der Waals surface area contributed by atoms with E-state index in [0.717, 1.165) is 22.8 Å². The molecule has 0 unspecified atom stereocenters. The third-order valence-corrected chi connectivity index (χ3v) is 4.52. The summed E-state index contributed by atoms with van der Waals surface area (Å²) < 4.78 is 9.25. The van der Waals surface area contributed by atoms with Crippen LogP contribution >= 0.6 is 0 Å². The van der Waals surface area contributed by atoms with E-state index >= 15 is 0 Å². The zero-order chi connectivity index (χ0) is 18.8. The van der Waals surface area contributed by atoms with Gasteiger partial charge in [0.15, 0.2) is 5.82 Å². The molecular formula is C20H21N5O2. The van der Waals surface area contributed by atoms with Gasteiger partial charge in [0, 0.05) is 6.54 Å². The van der Waals surface area contributed by atoms with Crippen molar-refractivity contribution in [1.82, 2.24) is 19.2 Å². The first kappa shape index (κ1) is 17.1. The lowest BCUT2D eigenvalue weighted by molar-refractivity contribution is 0.341. The minimum atomic E-state index is -0.0470. The van der Waals surface area contributed by atoms with E-state index < -0.39 is 0 Å². The first-order valence-electron chi connectivity index (χ1n) is 9.05. The number of rotatable bonds is 6. The lowest BCUT2D eigenvalue weighted by Gasteiger charge is -2.12. The number of aromatic nitrogens is 4. The van der Waals surface area contributed by atoms with Crippen LogP contribution in [0.1, 0.15) is 19.7 Å². The van der Waals surface area contributed by atoms with Gasteiger partial charge in [0.25, 0.3) is 5.56 Å². The molecule has 0 aliphatic heterocycles. The van der Waals surface area contributed by atoms with Gasteiger partial charge < -0.3 is 10.1 Å². The highest BCUT2D eigenvalue weighted by molar-refractivity contribution is 5.80. The maximum Gasteiger partial charge on any atom is 0.262 e. The number of anilines is 1. The Morgan fingerprint density at radius 3 is 2.63 bits per heavy atom. The highest BCUT2D eigenvalue weighted by Crippen LogP contribution is 2.24. The monoisotopic (exact) mass is 363 g/mol. The molecule has 2 aromatic carbocycles. The molecule has 0 aliphatic carbocycles. The Balaban J connectivity index is 1.80. The molecule has 0 aliphatic rings. The number of hydrogen-bond acceptors (Lipinski definition) is 5. The first-order valence-corrected chi connectivity index (χ1v) is 9.05. The number of ether oxygens (including phenoxy) is 1. The fraction of sp³-hybridized carbons (Fsp3) is 0.250. The van der Waals surface area contributed by atoms with Gasteiger partial charge in [-0.3, -0.25) is 13.8 Å². The molecule has 1 N–H and O–H groups in total. The van der Waals surface area contributed by atoms with Crippen molar-refractivity contribution in [2.75, 3.05) is 11.9 Å². The number of nitrogens with zero attached hydrogens (tertiary/aromatic N) is 4. The predicted octanol–water partition coefficient (Wildman–Crippen LogP) is 3.07. The van der Waals surface area contributed by atoms with E-state index in [1.165, 1.54) is 0 Å². The van der Waals surface area contributed by atoms with Crippen molar-refractivity contribution in [3.8, 4) is 5.75 Å². The summed E-state index contributed by atoms with van der Waals surface area (Å²) in [4.78, 5) is 12.7. The van der Waals surface area contributed by atoms with Crippen molar-refractivity contribution in [2.24, 2.45) is 0 Å². The molecule has 0 fully saturated rings. The van der Waals surface area contributed by atoms with Crippen molar-refractivity contribution in [1.29, 1.82) is 0 Å². The number of aryl methyl sites for hydroxylation is 1. The molecule has 2 aromatic heterocycles. The van der Waals surface area contributed by atoms with Crippen molar-refractivity contribution in [2.45, 2.75) is 26.9 Å². The maximum absolute atomic E-state index is 12.7. The molecule has 0 saturated carbocycles. The molecule has 4 rings (SSSR count). The fourth-order valence-electron chi connectivity index (χ4n) is 3.28. The summed E-state index contributed by atoms with van der Waals surface area (Å²) in [5.74, 6) is 2.08. The second-order valence-corrected chi connectivity index (χ2v) is 6.10. The van der Waals surface area contributed by atoms with Crippen LogP contribution in [-0.4, -0.2) is 25.8 Å². The predicted molar refractivity (Wildman–Crippen MR) is 105 cm³/mol. The van der Waals surface area contributed by atoms with Crippen LogP contribution in [0.5, 0.6) is 5.75 Å². The number of benzene rings is 2. The molecule has 138 valence electrons. The molecule has 0 radical (unpaired) electrons. The Bertz CT molecular complexity index is 1160. The number of fused-ring (bicyclic) bond motifs is 3. The average molecular weight is 363 g/mol. The van der Waals surface area contributed by atoms with Crippen LogP contribution in [0.25, 0.3) is 16.7 Å². The van der Waals surface area contributed by atoms with Crippen molar-refractivity contribution in [3.05, 3.63) is 64.7 Å². The van der Waals surface area contributed by atoms with Gasteiger partial charge in [-0.25, -0.2) is 0 Å². The molecule has 0 amide bonds. The maximum atomic E-state index is 12.7. The van der Waals surface area contributed by atoms with Crippen LogP contribution < -0.4 is 15.6 Å². The molecule has 0 spiro atoms. The van der Waals surface area contributed by atoms with Gasteiger partial charge >= 0.3 is 0 Å². The molecule has 27 heavy (non-hydrogen) atoms. The minimum absolute atomic E-state index is 0.0470. The SMILES string of the molecule is CCOc1ccccc1NCc1nnc2n(CC)c(=O)c3ccccc3n12. The van der Waals surface area contributed by atoms with Crippen LogP contribution in [0.4, 0.5) is 5.69 Å². The van der Waals surface area contributed by atoms with Gasteiger partial charge in [0.1, 0.15) is 5.75 Å². The summed E-state index contributed by atoms with van der Waals surface area (Å²) in [7, 11) is 0. The van der Waals surface area contributed by atoms with Crippen LogP contribution in [0, 0.1) is 0 Å². The summed E-state index contributed by atoms with van der Waals surface area (Å²) in [5, 5.41) is 12.6. The third-order valence-electron chi connectivity index (χ3n) is 4.52. The molecule has 0 saturated heterocycles. The highest BCUT2D eigenvalue weighted by atomic mass is 16.5. The van der Waals surface area contributed by atoms with E-state index in [9.17, 15) is 4.79 Å². The zero-order valence-corrected chi connectivity index (χ0v) is 15.3. The van der Waals surface area contributed by atoms with E-state index in [-0.39, 0.29) is 5.56 Å². The Morgan fingerprint density at radius 1 is 1.04 bits per heavy atom. The third kappa shape index (κ3) is 2.91. The van der Waals surface area contributed by atoms with Gasteiger partial charge in [-0.05, 0) is 38.1 Å². The lowest BCUT2D eigenvalue weighted by atomic mass is 10.2. The van der Waals surface area contributed by atoms with Crippen molar-refractivity contribution >= 4 is 22.4 Å². The Labute approximate surface area is 156 Å². The molecule has 4 aromatic rings. The summed E-state index contributed by atoms with van der Waals surface area (Å²) in [5.41, 5.74) is 1.65. The van der Waals surface area contributed by atoms with E-state index in [2.05, 4.69) is 15.5 Å². The quantitative estimate of drug-likeness (QED) is 0.570. The molecule has 2 heterocycles. The summed E-state index contributed by atoms with van der Waals surface area (Å²) in [6.45, 7) is 5.48. The molecule has 7 nitrogen and oxygen atoms in total. The second kappa shape index (κ2) is 7.11. The molecular weight excluding hydrogens is 342 g/mol. The normalized spacial score (nSPS) is 11.2. The minimum Gasteiger partial charge on any atom is -0.492 e. The fourth-order valence-corrected chi connectivity index (χ4v) is 3.28. The Morgan fingerprint density at radius 2 is 1.81 bits per heavy atom. The van der Waals surface area contributed by atoms with Crippen LogP contribution in [0.15, 0.2) is 53.3 Å². The van der Waals surface area contributed by atoms with Gasteiger partial charge in [0.2, 0.25) is 5.78 Å².